The average molecular weight is 276 g/mol. The van der Waals surface area contributed by atoms with E-state index >= 15 is 0 Å². The second-order valence-electron chi connectivity index (χ2n) is 4.77. The first-order chi connectivity index (χ1) is 9.15. The highest BCUT2D eigenvalue weighted by Gasteiger charge is 2.25. The lowest BCUT2D eigenvalue weighted by Gasteiger charge is -2.01. The second kappa shape index (κ2) is 4.70. The Morgan fingerprint density at radius 3 is 2.84 bits per heavy atom. The second-order valence-corrected chi connectivity index (χ2v) is 5.17. The van der Waals surface area contributed by atoms with Gasteiger partial charge in [0.2, 0.25) is 0 Å². The summed E-state index contributed by atoms with van der Waals surface area (Å²) >= 11 is 6.14. The Kier molecular flexibility index (Phi) is 3.03. The molecule has 0 bridgehead atoms. The summed E-state index contributed by atoms with van der Waals surface area (Å²) in [5, 5.41) is 7.95. The molecule has 2 aromatic rings. The minimum absolute atomic E-state index is 0.0733. The number of carbonyl (C=O) groups is 1. The van der Waals surface area contributed by atoms with Gasteiger partial charge in [-0.05, 0) is 25.0 Å². The maximum atomic E-state index is 12.0. The summed E-state index contributed by atoms with van der Waals surface area (Å²) in [5.41, 5.74) is 2.11. The maximum Gasteiger partial charge on any atom is 0.269 e. The molecular formula is C14H14ClN3O. The van der Waals surface area contributed by atoms with Crippen molar-refractivity contribution in [3.05, 3.63) is 41.0 Å². The molecule has 0 aliphatic heterocycles. The van der Waals surface area contributed by atoms with Crippen LogP contribution in [0.25, 0.3) is 11.3 Å². The third-order valence-electron chi connectivity index (χ3n) is 3.17. The largest absolute Gasteiger partial charge is 0.348 e. The molecule has 1 saturated carbocycles. The van der Waals surface area contributed by atoms with Crippen LogP contribution in [0.15, 0.2) is 30.3 Å². The molecule has 1 aliphatic carbocycles. The topological polar surface area (TPSA) is 46.9 Å². The van der Waals surface area contributed by atoms with Crippen LogP contribution in [0.4, 0.5) is 0 Å². The van der Waals surface area contributed by atoms with E-state index < -0.39 is 0 Å². The van der Waals surface area contributed by atoms with E-state index in [1.165, 1.54) is 0 Å². The van der Waals surface area contributed by atoms with Crippen LogP contribution >= 0.6 is 11.6 Å². The molecular weight excluding hydrogens is 262 g/mol. The molecule has 1 amide bonds. The smallest absolute Gasteiger partial charge is 0.269 e. The van der Waals surface area contributed by atoms with E-state index in [9.17, 15) is 4.79 Å². The normalized spacial score (nSPS) is 14.4. The molecule has 1 aromatic carbocycles. The molecule has 1 aliphatic rings. The van der Waals surface area contributed by atoms with E-state index in [1.54, 1.807) is 17.8 Å². The molecule has 0 saturated heterocycles. The van der Waals surface area contributed by atoms with Gasteiger partial charge in [-0.1, -0.05) is 29.8 Å². The van der Waals surface area contributed by atoms with Gasteiger partial charge in [0.15, 0.2) is 0 Å². The summed E-state index contributed by atoms with van der Waals surface area (Å²) in [7, 11) is 1.77. The number of carbonyl (C=O) groups excluding carboxylic acids is 1. The predicted octanol–water partition coefficient (Wildman–Crippen LogP) is 2.63. The van der Waals surface area contributed by atoms with Gasteiger partial charge in [-0.3, -0.25) is 9.48 Å². The van der Waals surface area contributed by atoms with Gasteiger partial charge in [0.25, 0.3) is 5.91 Å². The number of aromatic nitrogens is 2. The van der Waals surface area contributed by atoms with Gasteiger partial charge in [0, 0.05) is 18.7 Å². The number of halogens is 1. The van der Waals surface area contributed by atoms with Crippen molar-refractivity contribution in [3.8, 4) is 11.3 Å². The van der Waals surface area contributed by atoms with Crippen molar-refractivity contribution in [2.75, 3.05) is 0 Å². The first-order valence-corrected chi connectivity index (χ1v) is 6.63. The fourth-order valence-electron chi connectivity index (χ4n) is 1.97. The number of hydrogen-bond acceptors (Lipinski definition) is 2. The van der Waals surface area contributed by atoms with E-state index in [4.69, 9.17) is 11.6 Å². The number of aryl methyl sites for hydroxylation is 1. The zero-order valence-electron chi connectivity index (χ0n) is 10.6. The zero-order chi connectivity index (χ0) is 13.4. The highest BCUT2D eigenvalue weighted by Crippen LogP contribution is 2.27. The molecule has 0 radical (unpaired) electrons. The molecule has 1 heterocycles. The van der Waals surface area contributed by atoms with Crippen LogP contribution < -0.4 is 5.32 Å². The lowest BCUT2D eigenvalue weighted by atomic mass is 10.1. The van der Waals surface area contributed by atoms with Crippen molar-refractivity contribution in [2.24, 2.45) is 7.05 Å². The van der Waals surface area contributed by atoms with Crippen LogP contribution in [0.3, 0.4) is 0 Å². The molecule has 5 heteroatoms. The minimum Gasteiger partial charge on any atom is -0.348 e. The third kappa shape index (κ3) is 2.49. The number of hydrogen-bond donors (Lipinski definition) is 1. The molecule has 1 aromatic heterocycles. The van der Waals surface area contributed by atoms with Gasteiger partial charge in [-0.25, -0.2) is 0 Å². The first-order valence-electron chi connectivity index (χ1n) is 6.25. The number of nitrogens with zero attached hydrogens (tertiary/aromatic N) is 2. The summed E-state index contributed by atoms with van der Waals surface area (Å²) in [6.07, 6.45) is 2.14. The maximum absolute atomic E-state index is 12.0. The van der Waals surface area contributed by atoms with Crippen molar-refractivity contribution in [1.29, 1.82) is 0 Å². The molecule has 3 rings (SSSR count). The van der Waals surface area contributed by atoms with Crippen LogP contribution in [0, 0.1) is 0 Å². The molecule has 0 unspecified atom stereocenters. The van der Waals surface area contributed by atoms with E-state index in [0.717, 1.165) is 18.4 Å². The van der Waals surface area contributed by atoms with Gasteiger partial charge in [-0.15, -0.1) is 0 Å². The van der Waals surface area contributed by atoms with Crippen LogP contribution in [0.5, 0.6) is 0 Å². The van der Waals surface area contributed by atoms with Gasteiger partial charge in [-0.2, -0.15) is 5.10 Å². The molecule has 4 nitrogen and oxygen atoms in total. The summed E-state index contributed by atoms with van der Waals surface area (Å²) in [6.45, 7) is 0. The van der Waals surface area contributed by atoms with Crippen LogP contribution in [0.2, 0.25) is 5.02 Å². The fraction of sp³-hybridized carbons (Fsp3) is 0.286. The third-order valence-corrected chi connectivity index (χ3v) is 3.50. The number of rotatable bonds is 3. The van der Waals surface area contributed by atoms with E-state index in [-0.39, 0.29) is 5.91 Å². The quantitative estimate of drug-likeness (QED) is 0.936. The summed E-state index contributed by atoms with van der Waals surface area (Å²) in [4.78, 5) is 12.0. The Labute approximate surface area is 116 Å². The van der Waals surface area contributed by atoms with Gasteiger partial charge in [0.05, 0.1) is 10.7 Å². The molecule has 0 spiro atoms. The monoisotopic (exact) mass is 275 g/mol. The van der Waals surface area contributed by atoms with Crippen LogP contribution in [-0.4, -0.2) is 21.7 Å². The first kappa shape index (κ1) is 12.2. The number of benzene rings is 1. The molecule has 1 N–H and O–H groups in total. The van der Waals surface area contributed by atoms with Crippen molar-refractivity contribution >= 4 is 17.5 Å². The van der Waals surface area contributed by atoms with Gasteiger partial charge in [0.1, 0.15) is 5.69 Å². The minimum atomic E-state index is -0.0733. The van der Waals surface area contributed by atoms with Crippen molar-refractivity contribution in [3.63, 3.8) is 0 Å². The van der Waals surface area contributed by atoms with E-state index in [0.29, 0.717) is 22.5 Å². The SMILES string of the molecule is Cn1nc(-c2ccccc2Cl)cc1C(=O)NC1CC1. The van der Waals surface area contributed by atoms with Crippen LogP contribution in [-0.2, 0) is 7.05 Å². The Morgan fingerprint density at radius 2 is 2.16 bits per heavy atom. The lowest BCUT2D eigenvalue weighted by molar-refractivity contribution is 0.0941. The molecule has 0 atom stereocenters. The standard InChI is InChI=1S/C14H14ClN3O/c1-18-13(14(19)16-9-6-7-9)8-12(17-18)10-4-2-3-5-11(10)15/h2-5,8-9H,6-7H2,1H3,(H,16,19). The Morgan fingerprint density at radius 1 is 1.42 bits per heavy atom. The van der Waals surface area contributed by atoms with Crippen molar-refractivity contribution in [1.82, 2.24) is 15.1 Å². The predicted molar refractivity (Wildman–Crippen MR) is 74.1 cm³/mol. The Balaban J connectivity index is 1.92. The van der Waals surface area contributed by atoms with Gasteiger partial charge >= 0.3 is 0 Å². The summed E-state index contributed by atoms with van der Waals surface area (Å²) in [5.74, 6) is -0.0733. The molecule has 1 fully saturated rings. The Hall–Kier alpha value is -1.81. The van der Waals surface area contributed by atoms with E-state index in [1.807, 2.05) is 24.3 Å². The highest BCUT2D eigenvalue weighted by molar-refractivity contribution is 6.33. The van der Waals surface area contributed by atoms with Crippen molar-refractivity contribution < 1.29 is 4.79 Å². The summed E-state index contributed by atoms with van der Waals surface area (Å²) < 4.78 is 1.59. The molecule has 98 valence electrons. The lowest BCUT2D eigenvalue weighted by Crippen LogP contribution is -2.27. The molecule has 19 heavy (non-hydrogen) atoms. The fourth-order valence-corrected chi connectivity index (χ4v) is 2.20. The van der Waals surface area contributed by atoms with Crippen molar-refractivity contribution in [2.45, 2.75) is 18.9 Å². The van der Waals surface area contributed by atoms with E-state index in [2.05, 4.69) is 10.4 Å². The van der Waals surface area contributed by atoms with Gasteiger partial charge < -0.3 is 5.32 Å². The average Bonchev–Trinajstić information content (AvgIpc) is 3.10. The summed E-state index contributed by atoms with van der Waals surface area (Å²) in [6, 6.07) is 9.60. The highest BCUT2D eigenvalue weighted by atomic mass is 35.5. The number of nitrogens with one attached hydrogen (secondary N) is 1. The Bertz CT molecular complexity index is 631. The number of amides is 1. The van der Waals surface area contributed by atoms with Crippen LogP contribution in [0.1, 0.15) is 23.3 Å². The zero-order valence-corrected chi connectivity index (χ0v) is 11.3.